The van der Waals surface area contributed by atoms with Crippen LogP contribution in [0.4, 0.5) is 28.9 Å². The molecule has 0 saturated heterocycles. The van der Waals surface area contributed by atoms with Crippen LogP contribution < -0.4 is 41.0 Å². The maximum Gasteiger partial charge on any atom is 0.387 e. The van der Waals surface area contributed by atoms with Crippen molar-refractivity contribution in [2.75, 3.05) is 24.7 Å². The number of pyridine rings is 1. The first-order valence-electron chi connectivity index (χ1n) is 23.2. The summed E-state index contributed by atoms with van der Waals surface area (Å²) in [4.78, 5) is 40.5. The number of aromatic nitrogens is 11. The maximum absolute atomic E-state index is 13.3. The van der Waals surface area contributed by atoms with Gasteiger partial charge in [0.25, 0.3) is 11.8 Å². The highest BCUT2D eigenvalue weighted by Gasteiger charge is 2.25. The molecule has 0 spiro atoms. The average molecular weight is 1090 g/mol. The second-order valence-electron chi connectivity index (χ2n) is 17.0. The van der Waals surface area contributed by atoms with E-state index in [1.165, 1.54) is 73.4 Å². The molecule has 27 heteroatoms. The summed E-state index contributed by atoms with van der Waals surface area (Å²) >= 11 is 6.34. The van der Waals surface area contributed by atoms with Gasteiger partial charge in [-0.1, -0.05) is 11.6 Å². The molecule has 0 aliphatic heterocycles. The Morgan fingerprint density at radius 3 is 1.65 bits per heavy atom. The zero-order valence-corrected chi connectivity index (χ0v) is 42.3. The molecule has 1 atom stereocenters. The Morgan fingerprint density at radius 2 is 1.17 bits per heavy atom. The molecule has 0 saturated carbocycles. The standard InChI is InChI=1S/C27H25ClF2N8O3.C24H20F2N8O3/c1-36(2)24(31)17-11-15(5-7-20(17)28)40-16-6-8-22(41-27(29)30)18(12-16)23-21(14-37(3)35-23)34-26(39)19-13-33-38-10-4-9-32-25(19)38;1-33-13-19(31-23(35)18-12-30-34-6-2-5-29-22(18)34)21(32-33)17-8-15(3-4-20(17)37-24(25)26)36-16-7-14(9-27)10-28-11-16/h4-14,24,27H,31H2,1-3H3,(H,34,39);2-8,10-13,24H,9,27H2,1H3,(H,31,35). The third-order valence-corrected chi connectivity index (χ3v) is 11.7. The largest absolute Gasteiger partial charge is 0.457 e. The van der Waals surface area contributed by atoms with E-state index in [2.05, 4.69) is 46.0 Å². The third-order valence-electron chi connectivity index (χ3n) is 11.4. The summed E-state index contributed by atoms with van der Waals surface area (Å²) in [6.07, 6.45) is 14.9. The fourth-order valence-corrected chi connectivity index (χ4v) is 8.05. The first-order valence-corrected chi connectivity index (χ1v) is 23.6. The zero-order chi connectivity index (χ0) is 55.2. The lowest BCUT2D eigenvalue weighted by molar-refractivity contribution is -0.0501. The molecule has 2 amide bonds. The summed E-state index contributed by atoms with van der Waals surface area (Å²) in [5.74, 6) is 0.106. The number of hydrogen-bond donors (Lipinski definition) is 4. The number of carbonyl (C=O) groups is 2. The van der Waals surface area contributed by atoms with Gasteiger partial charge in [0.2, 0.25) is 0 Å². The zero-order valence-electron chi connectivity index (χ0n) is 41.5. The lowest BCUT2D eigenvalue weighted by Crippen LogP contribution is -2.27. The maximum atomic E-state index is 13.3. The number of carbonyl (C=O) groups excluding carboxylic acids is 2. The number of nitrogens with zero attached hydrogens (tertiary/aromatic N) is 12. The van der Waals surface area contributed by atoms with Crippen molar-refractivity contribution >= 4 is 46.1 Å². The summed E-state index contributed by atoms with van der Waals surface area (Å²) in [6.45, 7) is -5.91. The summed E-state index contributed by atoms with van der Waals surface area (Å²) in [7, 11) is 6.90. The Labute approximate surface area is 444 Å². The number of benzene rings is 3. The van der Waals surface area contributed by atoms with Crippen molar-refractivity contribution in [1.82, 2.24) is 58.6 Å². The van der Waals surface area contributed by atoms with Crippen LogP contribution >= 0.6 is 11.6 Å². The molecule has 10 rings (SSSR count). The second-order valence-corrected chi connectivity index (χ2v) is 17.4. The molecule has 22 nitrogen and oxygen atoms in total. The normalized spacial score (nSPS) is 11.7. The Balaban J connectivity index is 0.000000191. The molecule has 3 aromatic carbocycles. The number of amides is 2. The highest BCUT2D eigenvalue weighted by Crippen LogP contribution is 2.41. The number of alkyl halides is 4. The van der Waals surface area contributed by atoms with Gasteiger partial charge in [-0.05, 0) is 92.5 Å². The van der Waals surface area contributed by atoms with Crippen LogP contribution in [-0.4, -0.2) is 97.8 Å². The predicted molar refractivity (Wildman–Crippen MR) is 277 cm³/mol. The van der Waals surface area contributed by atoms with Gasteiger partial charge >= 0.3 is 13.2 Å². The van der Waals surface area contributed by atoms with E-state index in [9.17, 15) is 27.2 Å². The van der Waals surface area contributed by atoms with Crippen molar-refractivity contribution in [3.8, 4) is 57.0 Å². The minimum atomic E-state index is -3.10. The molecule has 10 aromatic rings. The van der Waals surface area contributed by atoms with E-state index in [-0.39, 0.29) is 63.1 Å². The summed E-state index contributed by atoms with van der Waals surface area (Å²) in [5.41, 5.74) is 15.7. The van der Waals surface area contributed by atoms with Crippen LogP contribution in [0.15, 0.2) is 135 Å². The van der Waals surface area contributed by atoms with Gasteiger partial charge in [-0.2, -0.15) is 38.0 Å². The highest BCUT2D eigenvalue weighted by atomic mass is 35.5. The van der Waals surface area contributed by atoms with E-state index >= 15 is 0 Å². The van der Waals surface area contributed by atoms with E-state index in [1.807, 2.05) is 14.1 Å². The SMILES string of the molecule is CN(C)C(N)c1cc(Oc2ccc(OC(F)F)c(-c3nn(C)cc3NC(=O)c3cnn4cccnc34)c2)ccc1Cl.Cn1cc(NC(=O)c2cnn3cccnc23)c(-c2cc(Oc3cncc(CN)c3)ccc2OC(F)F)n1. The highest BCUT2D eigenvalue weighted by molar-refractivity contribution is 6.31. The summed E-state index contributed by atoms with van der Waals surface area (Å²) < 4.78 is 80.3. The molecule has 1 unspecified atom stereocenters. The van der Waals surface area contributed by atoms with Gasteiger partial charge in [-0.3, -0.25) is 28.8 Å². The van der Waals surface area contributed by atoms with Crippen molar-refractivity contribution in [3.05, 3.63) is 162 Å². The van der Waals surface area contributed by atoms with Crippen LogP contribution in [0.2, 0.25) is 5.02 Å². The van der Waals surface area contributed by atoms with E-state index in [1.54, 1.807) is 98.8 Å². The van der Waals surface area contributed by atoms with Crippen molar-refractivity contribution in [3.63, 3.8) is 0 Å². The number of nitrogens with one attached hydrogen (secondary N) is 2. The van der Waals surface area contributed by atoms with Gasteiger partial charge in [0.1, 0.15) is 57.0 Å². The Morgan fingerprint density at radius 1 is 0.679 bits per heavy atom. The smallest absolute Gasteiger partial charge is 0.387 e. The molecule has 0 aliphatic rings. The van der Waals surface area contributed by atoms with Crippen molar-refractivity contribution in [1.29, 1.82) is 0 Å². The molecule has 78 heavy (non-hydrogen) atoms. The summed E-state index contributed by atoms with van der Waals surface area (Å²) in [5, 5.41) is 23.0. The number of anilines is 2. The minimum absolute atomic E-state index is 0.150. The lowest BCUT2D eigenvalue weighted by atomic mass is 10.1. The van der Waals surface area contributed by atoms with Gasteiger partial charge in [-0.25, -0.2) is 19.0 Å². The van der Waals surface area contributed by atoms with E-state index in [0.717, 1.165) is 5.56 Å². The van der Waals surface area contributed by atoms with Gasteiger partial charge in [0, 0.05) is 74.6 Å². The molecule has 0 fully saturated rings. The van der Waals surface area contributed by atoms with Crippen LogP contribution in [0.3, 0.4) is 0 Å². The minimum Gasteiger partial charge on any atom is -0.457 e. The fourth-order valence-electron chi connectivity index (χ4n) is 7.82. The van der Waals surface area contributed by atoms with Crippen LogP contribution in [0.5, 0.6) is 34.5 Å². The Hall–Kier alpha value is -9.50. The number of aryl methyl sites for hydroxylation is 2. The van der Waals surface area contributed by atoms with Crippen LogP contribution in [-0.2, 0) is 20.6 Å². The first-order chi connectivity index (χ1) is 37.5. The molecular formula is C51H45ClF4N16O6. The molecule has 0 bridgehead atoms. The number of hydrogen-bond acceptors (Lipinski definition) is 16. The Bertz CT molecular complexity index is 3790. The number of halogens is 5. The third kappa shape index (κ3) is 12.1. The number of nitrogens with two attached hydrogens (primary N) is 2. The van der Waals surface area contributed by atoms with E-state index < -0.39 is 31.2 Å². The number of ether oxygens (including phenoxy) is 4. The monoisotopic (exact) mass is 1090 g/mol. The molecular weight excluding hydrogens is 1040 g/mol. The van der Waals surface area contributed by atoms with Crippen LogP contribution in [0.25, 0.3) is 33.8 Å². The van der Waals surface area contributed by atoms with Crippen LogP contribution in [0, 0.1) is 0 Å². The molecule has 6 N–H and O–H groups in total. The number of rotatable bonds is 17. The molecule has 400 valence electrons. The van der Waals surface area contributed by atoms with Crippen LogP contribution in [0.1, 0.15) is 38.0 Å². The lowest BCUT2D eigenvalue weighted by Gasteiger charge is -2.21. The molecule has 7 aromatic heterocycles. The van der Waals surface area contributed by atoms with Crippen molar-refractivity contribution < 1.29 is 46.1 Å². The molecule has 0 aliphatic carbocycles. The Kier molecular flexibility index (Phi) is 15.8. The van der Waals surface area contributed by atoms with E-state index in [0.29, 0.717) is 44.9 Å². The second kappa shape index (κ2) is 23.2. The topological polar surface area (TPSA) is 259 Å². The first kappa shape index (κ1) is 53.3. The molecule has 0 radical (unpaired) electrons. The molecule has 7 heterocycles. The van der Waals surface area contributed by atoms with Crippen molar-refractivity contribution in [2.45, 2.75) is 25.9 Å². The van der Waals surface area contributed by atoms with Crippen molar-refractivity contribution in [2.24, 2.45) is 25.6 Å². The fraction of sp³-hybridized carbons (Fsp3) is 0.157. The van der Waals surface area contributed by atoms with Gasteiger partial charge in [-0.15, -0.1) is 0 Å². The van der Waals surface area contributed by atoms with Gasteiger partial charge < -0.3 is 41.0 Å². The van der Waals surface area contributed by atoms with Gasteiger partial charge in [0.05, 0.1) is 47.3 Å². The quantitative estimate of drug-likeness (QED) is 0.0491. The number of fused-ring (bicyclic) bond motifs is 2. The van der Waals surface area contributed by atoms with Gasteiger partial charge in [0.15, 0.2) is 11.3 Å². The summed E-state index contributed by atoms with van der Waals surface area (Å²) in [6, 6.07) is 18.7. The van der Waals surface area contributed by atoms with E-state index in [4.69, 9.17) is 42.0 Å². The average Bonchev–Trinajstić information content (AvgIpc) is 4.24. The predicted octanol–water partition coefficient (Wildman–Crippen LogP) is 8.58.